The Kier molecular flexibility index (Phi) is 5.43. The molecule has 6 heteroatoms. The third-order valence-electron chi connectivity index (χ3n) is 1.48. The highest BCUT2D eigenvalue weighted by molar-refractivity contribution is 7.81. The van der Waals surface area contributed by atoms with E-state index in [1.807, 2.05) is 0 Å². The van der Waals surface area contributed by atoms with Gasteiger partial charge >= 0.3 is 0 Å². The van der Waals surface area contributed by atoms with Crippen LogP contribution in [0.1, 0.15) is 0 Å². The maximum absolute atomic E-state index is 10.1. The van der Waals surface area contributed by atoms with Gasteiger partial charge in [-0.3, -0.25) is 0 Å². The van der Waals surface area contributed by atoms with E-state index in [9.17, 15) is 4.79 Å². The van der Waals surface area contributed by atoms with Crippen molar-refractivity contribution in [2.75, 3.05) is 6.61 Å². The van der Waals surface area contributed by atoms with E-state index in [-0.39, 0.29) is 0 Å². The highest BCUT2D eigenvalue weighted by atomic mass is 32.1. The summed E-state index contributed by atoms with van der Waals surface area (Å²) in [6, 6.07) is -1.15. The van der Waals surface area contributed by atoms with Crippen molar-refractivity contribution in [3.63, 3.8) is 0 Å². The van der Waals surface area contributed by atoms with Crippen LogP contribution in [0.5, 0.6) is 0 Å². The van der Waals surface area contributed by atoms with Crippen molar-refractivity contribution in [2.24, 2.45) is 5.73 Å². The van der Waals surface area contributed by atoms with Crippen LogP contribution in [0.2, 0.25) is 0 Å². The van der Waals surface area contributed by atoms with Gasteiger partial charge in [0.15, 0.2) is 0 Å². The minimum absolute atomic E-state index is 0.325. The molecule has 0 spiro atoms. The molecule has 12 heavy (non-hydrogen) atoms. The lowest BCUT2D eigenvalue weighted by Gasteiger charge is -2.23. The predicted octanol–water partition coefficient (Wildman–Crippen LogP) is -2.47. The molecule has 0 aromatic heterocycles. The first-order valence-electron chi connectivity index (χ1n) is 3.40. The molecule has 5 N–H and O–H groups in total. The van der Waals surface area contributed by atoms with Gasteiger partial charge in [0.2, 0.25) is 0 Å². The molecule has 0 unspecified atom stereocenters. The summed E-state index contributed by atoms with van der Waals surface area (Å²) in [5, 5.41) is 26.0. The van der Waals surface area contributed by atoms with Crippen molar-refractivity contribution in [1.29, 1.82) is 0 Å². The smallest absolute Gasteiger partial charge is 0.139 e. The third-order valence-corrected chi connectivity index (χ3v) is 1.95. The SMILES string of the molecule is N[C@@H](C=O)[C@@H](O)[C@H](O)[C@H](S)CO. The Morgan fingerprint density at radius 3 is 2.25 bits per heavy atom. The third kappa shape index (κ3) is 3.08. The maximum atomic E-state index is 10.1. The molecule has 0 aliphatic heterocycles. The lowest BCUT2D eigenvalue weighted by Crippen LogP contribution is -2.48. The molecule has 0 rings (SSSR count). The largest absolute Gasteiger partial charge is 0.395 e. The van der Waals surface area contributed by atoms with Crippen LogP contribution in [0, 0.1) is 0 Å². The summed E-state index contributed by atoms with van der Waals surface area (Å²) in [7, 11) is 0. The van der Waals surface area contributed by atoms with Gasteiger partial charge in [0.25, 0.3) is 0 Å². The minimum atomic E-state index is -1.39. The number of rotatable bonds is 5. The molecule has 0 amide bonds. The molecule has 0 aliphatic rings. The van der Waals surface area contributed by atoms with E-state index < -0.39 is 30.1 Å². The number of carbonyl (C=O) groups excluding carboxylic acids is 1. The molecule has 0 heterocycles. The number of thiol groups is 1. The molecule has 0 aromatic carbocycles. The number of nitrogens with two attached hydrogens (primary N) is 1. The summed E-state index contributed by atoms with van der Waals surface area (Å²) in [4.78, 5) is 10.1. The minimum Gasteiger partial charge on any atom is -0.395 e. The lowest BCUT2D eigenvalue weighted by molar-refractivity contribution is -0.113. The molecule has 0 fully saturated rings. The Balaban J connectivity index is 4.07. The van der Waals surface area contributed by atoms with Crippen LogP contribution in [0.25, 0.3) is 0 Å². The second kappa shape index (κ2) is 5.50. The zero-order chi connectivity index (χ0) is 9.72. The fourth-order valence-corrected chi connectivity index (χ4v) is 0.820. The number of aliphatic hydroxyl groups is 3. The van der Waals surface area contributed by atoms with Crippen LogP contribution in [0.3, 0.4) is 0 Å². The average molecular weight is 195 g/mol. The summed E-state index contributed by atoms with van der Waals surface area (Å²) in [6.07, 6.45) is -2.37. The predicted molar refractivity (Wildman–Crippen MR) is 45.9 cm³/mol. The molecule has 0 aromatic rings. The summed E-state index contributed by atoms with van der Waals surface area (Å²) in [6.45, 7) is -0.396. The Hall–Kier alpha value is -0.140. The van der Waals surface area contributed by atoms with Gasteiger partial charge in [0, 0.05) is 0 Å². The first-order valence-corrected chi connectivity index (χ1v) is 3.92. The molecule has 0 aliphatic carbocycles. The summed E-state index contributed by atoms with van der Waals surface area (Å²) < 4.78 is 0. The number of aliphatic hydroxyl groups excluding tert-OH is 3. The van der Waals surface area contributed by atoms with E-state index in [0.717, 1.165) is 0 Å². The van der Waals surface area contributed by atoms with Gasteiger partial charge in [-0.2, -0.15) is 12.6 Å². The zero-order valence-corrected chi connectivity index (χ0v) is 7.26. The zero-order valence-electron chi connectivity index (χ0n) is 6.37. The van der Waals surface area contributed by atoms with Crippen molar-refractivity contribution in [3.05, 3.63) is 0 Å². The first kappa shape index (κ1) is 11.9. The molecule has 4 atom stereocenters. The first-order chi connectivity index (χ1) is 5.54. The monoisotopic (exact) mass is 195 g/mol. The van der Waals surface area contributed by atoms with Gasteiger partial charge in [-0.1, -0.05) is 0 Å². The molecule has 0 radical (unpaired) electrons. The van der Waals surface area contributed by atoms with Crippen LogP contribution in [0.4, 0.5) is 0 Å². The summed E-state index contributed by atoms with van der Waals surface area (Å²) in [5.41, 5.74) is 5.12. The van der Waals surface area contributed by atoms with E-state index in [4.69, 9.17) is 21.1 Å². The Morgan fingerprint density at radius 1 is 1.42 bits per heavy atom. The van der Waals surface area contributed by atoms with Crippen molar-refractivity contribution in [2.45, 2.75) is 23.5 Å². The van der Waals surface area contributed by atoms with Crippen LogP contribution in [-0.4, -0.2) is 51.7 Å². The second-order valence-electron chi connectivity index (χ2n) is 2.44. The van der Waals surface area contributed by atoms with Gasteiger partial charge in [-0.05, 0) is 0 Å². The molecule has 72 valence electrons. The Morgan fingerprint density at radius 2 is 1.92 bits per heavy atom. The highest BCUT2D eigenvalue weighted by Gasteiger charge is 2.27. The number of carbonyl (C=O) groups is 1. The van der Waals surface area contributed by atoms with Crippen LogP contribution < -0.4 is 5.73 Å². The van der Waals surface area contributed by atoms with Crippen molar-refractivity contribution in [1.82, 2.24) is 0 Å². The highest BCUT2D eigenvalue weighted by Crippen LogP contribution is 2.07. The standard InChI is InChI=1S/C6H13NO4S/c7-3(1-8)5(10)6(11)4(12)2-9/h1,3-6,9-12H,2,7H2/t3-,4+,5+,6+/m0/s1. The van der Waals surface area contributed by atoms with E-state index in [1.165, 1.54) is 0 Å². The lowest BCUT2D eigenvalue weighted by atomic mass is 10.0. The number of hydrogen-bond donors (Lipinski definition) is 5. The average Bonchev–Trinajstić information content (AvgIpc) is 2.12. The fraction of sp³-hybridized carbons (Fsp3) is 0.833. The Labute approximate surface area is 75.6 Å². The van der Waals surface area contributed by atoms with Gasteiger partial charge in [0.1, 0.15) is 12.4 Å². The Bertz CT molecular complexity index is 146. The topological polar surface area (TPSA) is 104 Å². The maximum Gasteiger partial charge on any atom is 0.139 e. The second-order valence-corrected chi connectivity index (χ2v) is 3.11. The normalized spacial score (nSPS) is 21.1. The molecular formula is C6H13NO4S. The number of hydrogen-bond acceptors (Lipinski definition) is 6. The van der Waals surface area contributed by atoms with Gasteiger partial charge < -0.3 is 25.8 Å². The molecule has 0 bridgehead atoms. The summed E-state index contributed by atoms with van der Waals surface area (Å²) in [5.74, 6) is 0. The van der Waals surface area contributed by atoms with Crippen LogP contribution in [-0.2, 0) is 4.79 Å². The van der Waals surface area contributed by atoms with E-state index in [0.29, 0.717) is 6.29 Å². The van der Waals surface area contributed by atoms with Crippen LogP contribution >= 0.6 is 12.6 Å². The van der Waals surface area contributed by atoms with Gasteiger partial charge in [-0.15, -0.1) is 0 Å². The molecule has 5 nitrogen and oxygen atoms in total. The number of aldehydes is 1. The van der Waals surface area contributed by atoms with Gasteiger partial charge in [-0.25, -0.2) is 0 Å². The van der Waals surface area contributed by atoms with Crippen LogP contribution in [0.15, 0.2) is 0 Å². The molecular weight excluding hydrogens is 182 g/mol. The van der Waals surface area contributed by atoms with Crippen molar-refractivity contribution >= 4 is 18.9 Å². The quantitative estimate of drug-likeness (QED) is 0.247. The van der Waals surface area contributed by atoms with E-state index in [2.05, 4.69) is 12.6 Å². The van der Waals surface area contributed by atoms with E-state index in [1.54, 1.807) is 0 Å². The van der Waals surface area contributed by atoms with Gasteiger partial charge in [0.05, 0.1) is 24.0 Å². The summed E-state index contributed by atoms with van der Waals surface area (Å²) >= 11 is 3.77. The van der Waals surface area contributed by atoms with Crippen molar-refractivity contribution < 1.29 is 20.1 Å². The fourth-order valence-electron chi connectivity index (χ4n) is 0.644. The van der Waals surface area contributed by atoms with E-state index >= 15 is 0 Å². The molecule has 0 saturated carbocycles. The van der Waals surface area contributed by atoms with Crippen molar-refractivity contribution in [3.8, 4) is 0 Å². The molecule has 0 saturated heterocycles.